The minimum atomic E-state index is -0.111. The van der Waals surface area contributed by atoms with Crippen LogP contribution in [-0.2, 0) is 16.1 Å². The number of nitrogens with zero attached hydrogens (tertiary/aromatic N) is 2. The summed E-state index contributed by atoms with van der Waals surface area (Å²) in [6.45, 7) is 4.07. The Morgan fingerprint density at radius 3 is 3.10 bits per heavy atom. The number of esters is 1. The zero-order valence-corrected chi connectivity index (χ0v) is 12.5. The van der Waals surface area contributed by atoms with E-state index in [1.165, 1.54) is 6.42 Å². The van der Waals surface area contributed by atoms with Crippen LogP contribution in [0.3, 0.4) is 0 Å². The van der Waals surface area contributed by atoms with Gasteiger partial charge in [-0.25, -0.2) is 0 Å². The zero-order valence-electron chi connectivity index (χ0n) is 12.5. The zero-order chi connectivity index (χ0) is 15.1. The smallest absolute Gasteiger partial charge is 0.307 e. The maximum atomic E-state index is 11.7. The Balaban J connectivity index is 2.01. The number of nitriles is 1. The second-order valence-corrected chi connectivity index (χ2v) is 5.44. The predicted octanol–water partition coefficient (Wildman–Crippen LogP) is 2.87. The molecule has 0 spiro atoms. The lowest BCUT2D eigenvalue weighted by molar-refractivity contribution is -0.145. The Labute approximate surface area is 126 Å². The lowest BCUT2D eigenvalue weighted by Gasteiger charge is -2.35. The summed E-state index contributed by atoms with van der Waals surface area (Å²) in [5.41, 5.74) is 1.82. The van der Waals surface area contributed by atoms with Gasteiger partial charge in [0.05, 0.1) is 24.7 Å². The number of rotatable bonds is 5. The van der Waals surface area contributed by atoms with Crippen molar-refractivity contribution in [2.24, 2.45) is 0 Å². The third-order valence-corrected chi connectivity index (χ3v) is 3.90. The number of ether oxygens (including phenoxy) is 1. The van der Waals surface area contributed by atoms with Crippen LogP contribution in [0.2, 0.25) is 0 Å². The van der Waals surface area contributed by atoms with E-state index in [2.05, 4.69) is 11.0 Å². The number of carbonyl (C=O) groups is 1. The third-order valence-electron chi connectivity index (χ3n) is 3.90. The number of benzene rings is 1. The molecular formula is C17H22N2O2. The summed E-state index contributed by atoms with van der Waals surface area (Å²) in [7, 11) is 0. The average Bonchev–Trinajstić information content (AvgIpc) is 2.50. The predicted molar refractivity (Wildman–Crippen MR) is 80.5 cm³/mol. The summed E-state index contributed by atoms with van der Waals surface area (Å²) in [5, 5.41) is 8.97. The third kappa shape index (κ3) is 4.57. The molecule has 0 saturated carbocycles. The van der Waals surface area contributed by atoms with Crippen molar-refractivity contribution in [3.05, 3.63) is 35.4 Å². The molecule has 0 radical (unpaired) electrons. The van der Waals surface area contributed by atoms with Gasteiger partial charge in [-0.05, 0) is 44.0 Å². The molecule has 0 amide bonds. The Morgan fingerprint density at radius 1 is 1.48 bits per heavy atom. The van der Waals surface area contributed by atoms with E-state index in [4.69, 9.17) is 10.00 Å². The monoisotopic (exact) mass is 286 g/mol. The van der Waals surface area contributed by atoms with Crippen LogP contribution in [0, 0.1) is 11.3 Å². The Kier molecular flexibility index (Phi) is 5.77. The van der Waals surface area contributed by atoms with E-state index in [1.807, 2.05) is 31.2 Å². The van der Waals surface area contributed by atoms with Crippen molar-refractivity contribution >= 4 is 5.97 Å². The first kappa shape index (κ1) is 15.5. The first-order valence-electron chi connectivity index (χ1n) is 7.61. The van der Waals surface area contributed by atoms with Crippen LogP contribution in [0.25, 0.3) is 0 Å². The summed E-state index contributed by atoms with van der Waals surface area (Å²) >= 11 is 0. The Hall–Kier alpha value is -1.86. The fraction of sp³-hybridized carbons (Fsp3) is 0.529. The van der Waals surface area contributed by atoms with E-state index in [9.17, 15) is 4.79 Å². The lowest BCUT2D eigenvalue weighted by Crippen LogP contribution is -2.40. The van der Waals surface area contributed by atoms with Gasteiger partial charge in [-0.2, -0.15) is 5.26 Å². The molecule has 2 rings (SSSR count). The van der Waals surface area contributed by atoms with E-state index in [0.29, 0.717) is 18.6 Å². The van der Waals surface area contributed by atoms with Crippen molar-refractivity contribution < 1.29 is 9.53 Å². The molecule has 1 fully saturated rings. The van der Waals surface area contributed by atoms with Gasteiger partial charge in [-0.3, -0.25) is 9.69 Å². The van der Waals surface area contributed by atoms with Gasteiger partial charge < -0.3 is 4.74 Å². The van der Waals surface area contributed by atoms with Gasteiger partial charge in [0.2, 0.25) is 0 Å². The second-order valence-electron chi connectivity index (χ2n) is 5.44. The second kappa shape index (κ2) is 7.80. The van der Waals surface area contributed by atoms with Gasteiger partial charge in [-0.15, -0.1) is 0 Å². The summed E-state index contributed by atoms with van der Waals surface area (Å²) in [6.07, 6.45) is 3.83. The first-order chi connectivity index (χ1) is 10.2. The van der Waals surface area contributed by atoms with Crippen molar-refractivity contribution in [3.8, 4) is 6.07 Å². The van der Waals surface area contributed by atoms with Gasteiger partial charge in [0.15, 0.2) is 0 Å². The molecule has 0 bridgehead atoms. The molecule has 1 aliphatic rings. The van der Waals surface area contributed by atoms with E-state index in [-0.39, 0.29) is 12.0 Å². The van der Waals surface area contributed by atoms with Crippen LogP contribution in [0.1, 0.15) is 43.7 Å². The number of likely N-dealkylation sites (tertiary alicyclic amines) is 1. The van der Waals surface area contributed by atoms with Gasteiger partial charge in [0.1, 0.15) is 0 Å². The molecule has 0 aliphatic carbocycles. The summed E-state index contributed by atoms with van der Waals surface area (Å²) in [4.78, 5) is 14.1. The molecule has 1 aliphatic heterocycles. The fourth-order valence-electron chi connectivity index (χ4n) is 2.89. The highest BCUT2D eigenvalue weighted by molar-refractivity contribution is 5.70. The molecule has 4 heteroatoms. The molecule has 4 nitrogen and oxygen atoms in total. The fourth-order valence-corrected chi connectivity index (χ4v) is 2.89. The SMILES string of the molecule is CCOC(=O)C[C@@H]1CCCCN1Cc1cccc(C#N)c1. The Bertz CT molecular complexity index is 522. The van der Waals surface area contributed by atoms with E-state index < -0.39 is 0 Å². The quantitative estimate of drug-likeness (QED) is 0.781. The highest BCUT2D eigenvalue weighted by Crippen LogP contribution is 2.22. The van der Waals surface area contributed by atoms with Gasteiger partial charge in [0, 0.05) is 12.6 Å². The van der Waals surface area contributed by atoms with E-state index >= 15 is 0 Å². The molecule has 1 heterocycles. The minimum absolute atomic E-state index is 0.111. The molecule has 0 unspecified atom stereocenters. The average molecular weight is 286 g/mol. The number of hydrogen-bond donors (Lipinski definition) is 0. The molecule has 1 aromatic rings. The molecule has 1 aromatic carbocycles. The van der Waals surface area contributed by atoms with Crippen molar-refractivity contribution in [1.82, 2.24) is 4.90 Å². The molecule has 0 aromatic heterocycles. The lowest BCUT2D eigenvalue weighted by atomic mass is 9.98. The number of hydrogen-bond acceptors (Lipinski definition) is 4. The summed E-state index contributed by atoms with van der Waals surface area (Å²) < 4.78 is 5.07. The molecular weight excluding hydrogens is 264 g/mol. The maximum absolute atomic E-state index is 11.7. The van der Waals surface area contributed by atoms with Crippen molar-refractivity contribution in [3.63, 3.8) is 0 Å². The topological polar surface area (TPSA) is 53.3 Å². The van der Waals surface area contributed by atoms with Crippen LogP contribution in [0.15, 0.2) is 24.3 Å². The standard InChI is InChI=1S/C17H22N2O2/c1-2-21-17(20)11-16-8-3-4-9-19(16)13-15-7-5-6-14(10-15)12-18/h5-7,10,16H,2-4,8-9,11,13H2,1H3/t16-/m0/s1. The van der Waals surface area contributed by atoms with Crippen LogP contribution in [0.5, 0.6) is 0 Å². The molecule has 21 heavy (non-hydrogen) atoms. The number of carbonyl (C=O) groups excluding carboxylic acids is 1. The summed E-state index contributed by atoms with van der Waals surface area (Å²) in [5.74, 6) is -0.111. The minimum Gasteiger partial charge on any atom is -0.466 e. The van der Waals surface area contributed by atoms with Crippen molar-refractivity contribution in [2.45, 2.75) is 45.2 Å². The van der Waals surface area contributed by atoms with Gasteiger partial charge in [-0.1, -0.05) is 18.6 Å². The maximum Gasteiger partial charge on any atom is 0.307 e. The van der Waals surface area contributed by atoms with Crippen molar-refractivity contribution in [1.29, 1.82) is 5.26 Å². The van der Waals surface area contributed by atoms with E-state index in [0.717, 1.165) is 31.5 Å². The largest absolute Gasteiger partial charge is 0.466 e. The van der Waals surface area contributed by atoms with Crippen LogP contribution in [0.4, 0.5) is 0 Å². The highest BCUT2D eigenvalue weighted by Gasteiger charge is 2.25. The molecule has 0 N–H and O–H groups in total. The number of piperidine rings is 1. The Morgan fingerprint density at radius 2 is 2.33 bits per heavy atom. The molecule has 1 saturated heterocycles. The van der Waals surface area contributed by atoms with Crippen LogP contribution >= 0.6 is 0 Å². The summed E-state index contributed by atoms with van der Waals surface area (Å²) in [6, 6.07) is 10.1. The normalized spacial score (nSPS) is 19.0. The van der Waals surface area contributed by atoms with E-state index in [1.54, 1.807) is 0 Å². The van der Waals surface area contributed by atoms with Gasteiger partial charge >= 0.3 is 5.97 Å². The van der Waals surface area contributed by atoms with Gasteiger partial charge in [0.25, 0.3) is 0 Å². The molecule has 112 valence electrons. The van der Waals surface area contributed by atoms with Crippen molar-refractivity contribution in [2.75, 3.05) is 13.2 Å². The molecule has 1 atom stereocenters. The first-order valence-corrected chi connectivity index (χ1v) is 7.61. The van der Waals surface area contributed by atoms with Crippen LogP contribution < -0.4 is 0 Å². The highest BCUT2D eigenvalue weighted by atomic mass is 16.5. The van der Waals surface area contributed by atoms with Crippen LogP contribution in [-0.4, -0.2) is 30.1 Å².